The Kier molecular flexibility index (Phi) is 4.63. The molecule has 2 rings (SSSR count). The molecular weight excluding hydrogens is 304 g/mol. The van der Waals surface area contributed by atoms with Crippen LogP contribution in [0.1, 0.15) is 23.6 Å². The molecule has 0 spiro atoms. The molecule has 19 heavy (non-hydrogen) atoms. The molecule has 0 bridgehead atoms. The Morgan fingerprint density at radius 3 is 2.47 bits per heavy atom. The van der Waals surface area contributed by atoms with Crippen LogP contribution >= 0.6 is 15.9 Å². The predicted octanol–water partition coefficient (Wildman–Crippen LogP) is 2.59. The second kappa shape index (κ2) is 6.06. The predicted molar refractivity (Wildman–Crippen MR) is 81.5 cm³/mol. The van der Waals surface area contributed by atoms with E-state index in [2.05, 4.69) is 66.1 Å². The molecule has 1 heterocycles. The fourth-order valence-corrected chi connectivity index (χ4v) is 3.09. The first-order valence-corrected chi connectivity index (χ1v) is 7.54. The van der Waals surface area contributed by atoms with Crippen LogP contribution in [0.5, 0.6) is 0 Å². The standard InChI is InChI=1S/C15H21BrN2O/c1-11-4-6-12(7-5-11)14(17(2)3)10-18-9-13(16)8-15(18)19/h4-7,13-14H,8-10H2,1-3H3. The van der Waals surface area contributed by atoms with Gasteiger partial charge in [-0.15, -0.1) is 0 Å². The number of aryl methyl sites for hydroxylation is 1. The molecule has 0 aliphatic carbocycles. The number of carbonyl (C=O) groups is 1. The van der Waals surface area contributed by atoms with Crippen molar-refractivity contribution >= 4 is 21.8 Å². The zero-order chi connectivity index (χ0) is 14.0. The number of halogens is 1. The Labute approximate surface area is 123 Å². The minimum Gasteiger partial charge on any atom is -0.340 e. The van der Waals surface area contributed by atoms with Crippen LogP contribution in [-0.4, -0.2) is 47.7 Å². The summed E-state index contributed by atoms with van der Waals surface area (Å²) in [4.78, 5) is 16.4. The third-order valence-electron chi connectivity index (χ3n) is 3.65. The molecule has 2 atom stereocenters. The molecule has 1 fully saturated rings. The van der Waals surface area contributed by atoms with Crippen LogP contribution in [0.15, 0.2) is 24.3 Å². The van der Waals surface area contributed by atoms with Crippen LogP contribution < -0.4 is 0 Å². The summed E-state index contributed by atoms with van der Waals surface area (Å²) in [5.74, 6) is 0.251. The first kappa shape index (κ1) is 14.5. The van der Waals surface area contributed by atoms with Gasteiger partial charge in [0.25, 0.3) is 0 Å². The van der Waals surface area contributed by atoms with E-state index in [-0.39, 0.29) is 11.9 Å². The Hall–Kier alpha value is -0.870. The smallest absolute Gasteiger partial charge is 0.223 e. The summed E-state index contributed by atoms with van der Waals surface area (Å²) in [6, 6.07) is 8.83. The molecule has 2 unspecified atom stereocenters. The van der Waals surface area contributed by atoms with Gasteiger partial charge in [0, 0.05) is 24.3 Å². The molecule has 3 nitrogen and oxygen atoms in total. The molecule has 1 aromatic rings. The van der Waals surface area contributed by atoms with Crippen molar-refractivity contribution in [1.82, 2.24) is 9.80 Å². The number of hydrogen-bond acceptors (Lipinski definition) is 2. The molecular formula is C15H21BrN2O. The van der Waals surface area contributed by atoms with Crippen molar-refractivity contribution in [1.29, 1.82) is 0 Å². The van der Waals surface area contributed by atoms with Crippen molar-refractivity contribution in [3.05, 3.63) is 35.4 Å². The quantitative estimate of drug-likeness (QED) is 0.795. The van der Waals surface area contributed by atoms with Gasteiger partial charge >= 0.3 is 0 Å². The van der Waals surface area contributed by atoms with Gasteiger partial charge in [-0.25, -0.2) is 0 Å². The number of rotatable bonds is 4. The van der Waals surface area contributed by atoms with E-state index in [4.69, 9.17) is 0 Å². The lowest BCUT2D eigenvalue weighted by Gasteiger charge is -2.29. The number of nitrogens with zero attached hydrogens (tertiary/aromatic N) is 2. The number of benzene rings is 1. The second-order valence-corrected chi connectivity index (χ2v) is 6.79. The van der Waals surface area contributed by atoms with E-state index in [1.807, 2.05) is 4.90 Å². The lowest BCUT2D eigenvalue weighted by Crippen LogP contribution is -2.35. The fourth-order valence-electron chi connectivity index (χ4n) is 2.46. The number of likely N-dealkylation sites (N-methyl/N-ethyl adjacent to an activating group) is 1. The summed E-state index contributed by atoms with van der Waals surface area (Å²) in [5, 5.41) is 0. The summed E-state index contributed by atoms with van der Waals surface area (Å²) in [6.45, 7) is 3.67. The number of amides is 1. The van der Waals surface area contributed by atoms with Gasteiger partial charge in [0.1, 0.15) is 0 Å². The van der Waals surface area contributed by atoms with E-state index in [1.54, 1.807) is 0 Å². The van der Waals surface area contributed by atoms with Gasteiger partial charge in [-0.2, -0.15) is 0 Å². The number of hydrogen-bond donors (Lipinski definition) is 0. The molecule has 1 aliphatic rings. The Balaban J connectivity index is 2.13. The number of carbonyl (C=O) groups excluding carboxylic acids is 1. The molecule has 0 radical (unpaired) electrons. The van der Waals surface area contributed by atoms with E-state index in [0.717, 1.165) is 13.1 Å². The number of alkyl halides is 1. The summed E-state index contributed by atoms with van der Waals surface area (Å²) in [6.07, 6.45) is 0.619. The molecule has 104 valence electrons. The SMILES string of the molecule is Cc1ccc(C(CN2CC(Br)CC2=O)N(C)C)cc1. The minimum absolute atomic E-state index is 0.251. The van der Waals surface area contributed by atoms with Crippen LogP contribution in [-0.2, 0) is 4.79 Å². The highest BCUT2D eigenvalue weighted by atomic mass is 79.9. The highest BCUT2D eigenvalue weighted by Crippen LogP contribution is 2.24. The molecule has 0 saturated carbocycles. The summed E-state index contributed by atoms with van der Waals surface area (Å²) < 4.78 is 0. The second-order valence-electron chi connectivity index (χ2n) is 5.49. The molecule has 1 aliphatic heterocycles. The summed E-state index contributed by atoms with van der Waals surface area (Å²) in [5.41, 5.74) is 2.53. The van der Waals surface area contributed by atoms with Gasteiger partial charge < -0.3 is 9.80 Å². The van der Waals surface area contributed by atoms with E-state index in [9.17, 15) is 4.79 Å². The fraction of sp³-hybridized carbons (Fsp3) is 0.533. The van der Waals surface area contributed by atoms with Crippen molar-refractivity contribution in [3.8, 4) is 0 Å². The average Bonchev–Trinajstić information content (AvgIpc) is 2.66. The monoisotopic (exact) mass is 324 g/mol. The van der Waals surface area contributed by atoms with Crippen LogP contribution in [0.4, 0.5) is 0 Å². The zero-order valence-corrected chi connectivity index (χ0v) is 13.4. The van der Waals surface area contributed by atoms with Crippen molar-refractivity contribution in [3.63, 3.8) is 0 Å². The molecule has 1 aromatic carbocycles. The van der Waals surface area contributed by atoms with Crippen LogP contribution in [0.25, 0.3) is 0 Å². The van der Waals surface area contributed by atoms with Gasteiger partial charge in [-0.05, 0) is 26.6 Å². The zero-order valence-electron chi connectivity index (χ0n) is 11.8. The molecule has 1 amide bonds. The van der Waals surface area contributed by atoms with Gasteiger partial charge in [0.2, 0.25) is 5.91 Å². The highest BCUT2D eigenvalue weighted by molar-refractivity contribution is 9.09. The normalized spacial score (nSPS) is 21.2. The van der Waals surface area contributed by atoms with Crippen LogP contribution in [0.2, 0.25) is 0 Å². The molecule has 0 N–H and O–H groups in total. The van der Waals surface area contributed by atoms with E-state index in [1.165, 1.54) is 11.1 Å². The lowest BCUT2D eigenvalue weighted by atomic mass is 10.0. The summed E-state index contributed by atoms with van der Waals surface area (Å²) in [7, 11) is 4.13. The Morgan fingerprint density at radius 2 is 2.00 bits per heavy atom. The number of likely N-dealkylation sites (tertiary alicyclic amines) is 1. The lowest BCUT2D eigenvalue weighted by molar-refractivity contribution is -0.128. The van der Waals surface area contributed by atoms with E-state index in [0.29, 0.717) is 11.2 Å². The first-order chi connectivity index (χ1) is 8.97. The Bertz CT molecular complexity index is 444. The van der Waals surface area contributed by atoms with Crippen molar-refractivity contribution < 1.29 is 4.79 Å². The molecule has 0 aromatic heterocycles. The van der Waals surface area contributed by atoms with Gasteiger partial charge in [-0.3, -0.25) is 4.79 Å². The minimum atomic E-state index is 0.251. The molecule has 4 heteroatoms. The maximum absolute atomic E-state index is 11.9. The topological polar surface area (TPSA) is 23.6 Å². The third kappa shape index (κ3) is 3.57. The van der Waals surface area contributed by atoms with Gasteiger partial charge in [0.15, 0.2) is 0 Å². The van der Waals surface area contributed by atoms with Crippen molar-refractivity contribution in [2.24, 2.45) is 0 Å². The van der Waals surface area contributed by atoms with Crippen LogP contribution in [0.3, 0.4) is 0 Å². The molecule has 1 saturated heterocycles. The van der Waals surface area contributed by atoms with E-state index >= 15 is 0 Å². The van der Waals surface area contributed by atoms with Gasteiger partial charge in [-0.1, -0.05) is 45.8 Å². The van der Waals surface area contributed by atoms with Crippen molar-refractivity contribution in [2.45, 2.75) is 24.2 Å². The highest BCUT2D eigenvalue weighted by Gasteiger charge is 2.30. The third-order valence-corrected chi connectivity index (χ3v) is 4.26. The maximum Gasteiger partial charge on any atom is 0.223 e. The van der Waals surface area contributed by atoms with Crippen LogP contribution in [0, 0.1) is 6.92 Å². The maximum atomic E-state index is 11.9. The first-order valence-electron chi connectivity index (χ1n) is 6.62. The average molecular weight is 325 g/mol. The summed E-state index contributed by atoms with van der Waals surface area (Å²) >= 11 is 3.54. The largest absolute Gasteiger partial charge is 0.340 e. The van der Waals surface area contributed by atoms with Gasteiger partial charge in [0.05, 0.1) is 6.04 Å². The Morgan fingerprint density at radius 1 is 1.37 bits per heavy atom. The van der Waals surface area contributed by atoms with Crippen molar-refractivity contribution in [2.75, 3.05) is 27.2 Å². The van der Waals surface area contributed by atoms with E-state index < -0.39 is 0 Å².